The van der Waals surface area contributed by atoms with E-state index >= 15 is 0 Å². The molecule has 0 aliphatic heterocycles. The second-order valence-corrected chi connectivity index (χ2v) is 4.72. The predicted molar refractivity (Wildman–Crippen MR) is 53.5 cm³/mol. The molecule has 0 aromatic carbocycles. The van der Waals surface area contributed by atoms with E-state index in [9.17, 15) is 4.79 Å². The third kappa shape index (κ3) is 2.12. The number of carbonyl (C=O) groups excluding carboxylic acids is 1. The van der Waals surface area contributed by atoms with Crippen LogP contribution in [0.5, 0.6) is 0 Å². The smallest absolute Gasteiger partial charge is 0.136 e. The monoisotopic (exact) mass is 180 g/mol. The maximum absolute atomic E-state index is 11.7. The molecule has 0 unspecified atom stereocenters. The number of hydrogen-bond acceptors (Lipinski definition) is 1. The van der Waals surface area contributed by atoms with E-state index in [0.717, 1.165) is 12.3 Å². The van der Waals surface area contributed by atoms with Crippen LogP contribution in [-0.2, 0) is 4.79 Å². The molecular weight excluding hydrogens is 160 g/mol. The van der Waals surface area contributed by atoms with E-state index in [1.807, 2.05) is 0 Å². The molecule has 0 amide bonds. The zero-order valence-corrected chi connectivity index (χ0v) is 8.43. The van der Waals surface area contributed by atoms with E-state index in [-0.39, 0.29) is 0 Å². The van der Waals surface area contributed by atoms with Gasteiger partial charge in [0.25, 0.3) is 0 Å². The number of Topliss-reactive ketones (excluding diaryl/α,β-unsaturated/α-hetero) is 1. The van der Waals surface area contributed by atoms with Crippen LogP contribution in [0.25, 0.3) is 0 Å². The van der Waals surface area contributed by atoms with Crippen LogP contribution < -0.4 is 0 Å². The van der Waals surface area contributed by atoms with E-state index in [2.05, 4.69) is 0 Å². The summed E-state index contributed by atoms with van der Waals surface area (Å²) in [7, 11) is 0. The summed E-state index contributed by atoms with van der Waals surface area (Å²) in [4.78, 5) is 11.7. The summed E-state index contributed by atoms with van der Waals surface area (Å²) >= 11 is 0. The van der Waals surface area contributed by atoms with Crippen molar-refractivity contribution < 1.29 is 4.79 Å². The Bertz CT molecular complexity index is 186. The van der Waals surface area contributed by atoms with E-state index < -0.39 is 0 Å². The van der Waals surface area contributed by atoms with Crippen molar-refractivity contribution in [1.82, 2.24) is 0 Å². The highest BCUT2D eigenvalue weighted by atomic mass is 16.1. The van der Waals surface area contributed by atoms with Crippen LogP contribution in [0.4, 0.5) is 0 Å². The Hall–Kier alpha value is -0.330. The third-order valence-corrected chi connectivity index (χ3v) is 3.82. The number of hydrogen-bond donors (Lipinski definition) is 0. The van der Waals surface area contributed by atoms with E-state index in [0.29, 0.717) is 11.7 Å². The third-order valence-electron chi connectivity index (χ3n) is 3.82. The van der Waals surface area contributed by atoms with Gasteiger partial charge in [0.05, 0.1) is 0 Å². The predicted octanol–water partition coefficient (Wildman–Crippen LogP) is 3.33. The van der Waals surface area contributed by atoms with Crippen molar-refractivity contribution in [3.8, 4) is 0 Å². The fourth-order valence-corrected chi connectivity index (χ4v) is 3.05. The summed E-state index contributed by atoms with van der Waals surface area (Å²) in [6, 6.07) is 0. The molecule has 1 nitrogen and oxygen atoms in total. The van der Waals surface area contributed by atoms with Gasteiger partial charge in [-0.3, -0.25) is 4.79 Å². The maximum Gasteiger partial charge on any atom is 0.136 e. The van der Waals surface area contributed by atoms with Crippen molar-refractivity contribution in [2.45, 2.75) is 57.8 Å². The van der Waals surface area contributed by atoms with Crippen LogP contribution in [0.2, 0.25) is 0 Å². The number of rotatable bonds is 0. The molecule has 0 spiro atoms. The van der Waals surface area contributed by atoms with Gasteiger partial charge in [-0.1, -0.05) is 25.7 Å². The normalized spacial score (nSPS) is 36.2. The van der Waals surface area contributed by atoms with Gasteiger partial charge in [0.15, 0.2) is 0 Å². The van der Waals surface area contributed by atoms with E-state index in [1.165, 1.54) is 51.4 Å². The molecule has 2 aliphatic rings. The summed E-state index contributed by atoms with van der Waals surface area (Å²) < 4.78 is 0. The van der Waals surface area contributed by atoms with Crippen molar-refractivity contribution in [3.05, 3.63) is 0 Å². The lowest BCUT2D eigenvalue weighted by Crippen LogP contribution is -2.29. The van der Waals surface area contributed by atoms with E-state index in [1.54, 1.807) is 0 Å². The van der Waals surface area contributed by atoms with Gasteiger partial charge in [0.1, 0.15) is 5.78 Å². The molecule has 0 saturated heterocycles. The van der Waals surface area contributed by atoms with Crippen molar-refractivity contribution in [1.29, 1.82) is 0 Å². The lowest BCUT2D eigenvalue weighted by Gasteiger charge is -2.32. The molecule has 2 saturated carbocycles. The molecule has 2 fully saturated rings. The Balaban J connectivity index is 2.00. The molecule has 74 valence electrons. The first-order valence-electron chi connectivity index (χ1n) is 5.90. The number of carbonyl (C=O) groups is 1. The highest BCUT2D eigenvalue weighted by molar-refractivity contribution is 5.81. The van der Waals surface area contributed by atoms with Crippen LogP contribution in [-0.4, -0.2) is 5.78 Å². The van der Waals surface area contributed by atoms with Crippen molar-refractivity contribution in [2.24, 2.45) is 11.8 Å². The minimum atomic E-state index is 0.467. The molecule has 0 N–H and O–H groups in total. The molecule has 0 aromatic rings. The van der Waals surface area contributed by atoms with Crippen molar-refractivity contribution in [2.75, 3.05) is 0 Å². The molecule has 2 rings (SSSR count). The first-order chi connectivity index (χ1) is 6.38. The molecule has 13 heavy (non-hydrogen) atoms. The highest BCUT2D eigenvalue weighted by Gasteiger charge is 2.31. The van der Waals surface area contributed by atoms with Gasteiger partial charge in [0, 0.05) is 12.3 Å². The summed E-state index contributed by atoms with van der Waals surface area (Å²) in [5, 5.41) is 0. The summed E-state index contributed by atoms with van der Waals surface area (Å²) in [6.07, 6.45) is 11.3. The fourth-order valence-electron chi connectivity index (χ4n) is 3.05. The largest absolute Gasteiger partial charge is 0.299 e. The number of fused-ring (bicyclic) bond motifs is 1. The van der Waals surface area contributed by atoms with Gasteiger partial charge < -0.3 is 0 Å². The summed E-state index contributed by atoms with van der Waals surface area (Å²) in [6.45, 7) is 0. The topological polar surface area (TPSA) is 17.1 Å². The SMILES string of the molecule is O=C1CCC[C@@H]2CCCCCC[C@@H]12. The maximum atomic E-state index is 11.7. The van der Waals surface area contributed by atoms with Gasteiger partial charge >= 0.3 is 0 Å². The average Bonchev–Trinajstić information content (AvgIpc) is 2.07. The molecule has 0 bridgehead atoms. The Morgan fingerprint density at radius 1 is 0.846 bits per heavy atom. The molecule has 2 atom stereocenters. The van der Waals surface area contributed by atoms with E-state index in [4.69, 9.17) is 0 Å². The zero-order valence-electron chi connectivity index (χ0n) is 8.43. The average molecular weight is 180 g/mol. The van der Waals surface area contributed by atoms with Gasteiger partial charge in [-0.25, -0.2) is 0 Å². The zero-order chi connectivity index (χ0) is 9.10. The second kappa shape index (κ2) is 4.26. The van der Waals surface area contributed by atoms with Crippen LogP contribution in [0, 0.1) is 11.8 Å². The Morgan fingerprint density at radius 2 is 1.54 bits per heavy atom. The molecule has 2 aliphatic carbocycles. The molecule has 0 aromatic heterocycles. The van der Waals surface area contributed by atoms with Crippen LogP contribution in [0.3, 0.4) is 0 Å². The standard InChI is InChI=1S/C12H20O/c13-12-9-5-7-10-6-3-1-2-4-8-11(10)12/h10-11H,1-9H2/t10-,11+/m0/s1. The summed E-state index contributed by atoms with van der Waals surface area (Å²) in [5.41, 5.74) is 0. The first-order valence-corrected chi connectivity index (χ1v) is 5.90. The fraction of sp³-hybridized carbons (Fsp3) is 0.917. The van der Waals surface area contributed by atoms with Crippen molar-refractivity contribution in [3.63, 3.8) is 0 Å². The van der Waals surface area contributed by atoms with Crippen LogP contribution >= 0.6 is 0 Å². The van der Waals surface area contributed by atoms with Gasteiger partial charge in [-0.15, -0.1) is 0 Å². The second-order valence-electron chi connectivity index (χ2n) is 4.72. The lowest BCUT2D eigenvalue weighted by molar-refractivity contribution is -0.127. The van der Waals surface area contributed by atoms with Crippen LogP contribution in [0.15, 0.2) is 0 Å². The Labute approximate surface area is 80.9 Å². The molecule has 0 heterocycles. The van der Waals surface area contributed by atoms with Gasteiger partial charge in [-0.05, 0) is 31.6 Å². The highest BCUT2D eigenvalue weighted by Crippen LogP contribution is 2.36. The molecular formula is C12H20O. The summed E-state index contributed by atoms with van der Waals surface area (Å²) in [5.74, 6) is 1.81. The first kappa shape index (κ1) is 9.23. The molecule has 1 heteroatoms. The minimum Gasteiger partial charge on any atom is -0.299 e. The number of ketones is 1. The lowest BCUT2D eigenvalue weighted by atomic mass is 9.72. The Morgan fingerprint density at radius 3 is 2.38 bits per heavy atom. The Kier molecular flexibility index (Phi) is 3.02. The molecule has 0 radical (unpaired) electrons. The minimum absolute atomic E-state index is 0.467. The van der Waals surface area contributed by atoms with Gasteiger partial charge in [0.2, 0.25) is 0 Å². The quantitative estimate of drug-likeness (QED) is 0.559. The van der Waals surface area contributed by atoms with Crippen molar-refractivity contribution >= 4 is 5.78 Å². The van der Waals surface area contributed by atoms with Crippen LogP contribution in [0.1, 0.15) is 57.8 Å². The van der Waals surface area contributed by atoms with Gasteiger partial charge in [-0.2, -0.15) is 0 Å².